The van der Waals surface area contributed by atoms with Gasteiger partial charge in [-0.15, -0.1) is 0 Å². The van der Waals surface area contributed by atoms with Gasteiger partial charge in [0.15, 0.2) is 0 Å². The minimum atomic E-state index is -1.21. The van der Waals surface area contributed by atoms with Crippen LogP contribution < -0.4 is 21.3 Å². The number of amides is 4. The summed E-state index contributed by atoms with van der Waals surface area (Å²) in [6.45, 7) is 14.4. The van der Waals surface area contributed by atoms with Gasteiger partial charge in [-0.3, -0.25) is 9.59 Å². The molecule has 242 valence electrons. The van der Waals surface area contributed by atoms with Gasteiger partial charge >= 0.3 is 18.2 Å². The van der Waals surface area contributed by atoms with Crippen molar-refractivity contribution in [3.05, 3.63) is 35.9 Å². The Labute approximate surface area is 255 Å². The summed E-state index contributed by atoms with van der Waals surface area (Å²) < 4.78 is 10.5. The Bertz CT molecular complexity index is 1060. The molecule has 1 aromatic carbocycles. The number of carbonyl (C=O) groups is 5. The summed E-state index contributed by atoms with van der Waals surface area (Å²) >= 11 is 0. The van der Waals surface area contributed by atoms with Crippen LogP contribution in [0.4, 0.5) is 9.59 Å². The van der Waals surface area contributed by atoms with Crippen molar-refractivity contribution >= 4 is 30.0 Å². The molecule has 0 saturated carbocycles. The number of carboxylic acid groups (broad SMARTS) is 1. The zero-order valence-corrected chi connectivity index (χ0v) is 26.7. The molecule has 0 heterocycles. The molecule has 0 saturated heterocycles. The zero-order chi connectivity index (χ0) is 32.8. The molecular weight excluding hydrogens is 556 g/mol. The molecule has 0 unspecified atom stereocenters. The number of carboxylic acids is 1. The van der Waals surface area contributed by atoms with E-state index in [1.165, 1.54) is 0 Å². The third-order valence-corrected chi connectivity index (χ3v) is 5.83. The molecule has 0 radical (unpaired) electrons. The highest BCUT2D eigenvalue weighted by Crippen LogP contribution is 2.12. The highest BCUT2D eigenvalue weighted by Gasteiger charge is 2.31. The van der Waals surface area contributed by atoms with Gasteiger partial charge in [0, 0.05) is 13.0 Å². The fraction of sp³-hybridized carbons (Fsp3) is 0.645. The standard InChI is InChI=1S/C31H50N4O8/c1-20(2)18-23(25(36)33-22(27(38)39)16-12-13-17-32-28(40)42-30(3,4)5)34-26(37)24(19-21-14-10-9-11-15-21)35-29(41)43-31(6,7)8/h9-11,14-15,20,22-24H,12-13,16-19H2,1-8H3,(H,32,40)(H,33,36)(H,34,37)(H,35,41)(H,38,39)/t22-,23-,24-/m1/s1. The van der Waals surface area contributed by atoms with Gasteiger partial charge < -0.3 is 35.8 Å². The van der Waals surface area contributed by atoms with E-state index >= 15 is 0 Å². The number of alkyl carbamates (subject to hydrolysis) is 2. The molecule has 0 aliphatic rings. The van der Waals surface area contributed by atoms with Crippen molar-refractivity contribution < 1.29 is 38.6 Å². The molecule has 4 amide bonds. The van der Waals surface area contributed by atoms with Gasteiger partial charge in [-0.05, 0) is 78.7 Å². The van der Waals surface area contributed by atoms with Crippen molar-refractivity contribution in [3.63, 3.8) is 0 Å². The van der Waals surface area contributed by atoms with E-state index < -0.39 is 59.3 Å². The summed E-state index contributed by atoms with van der Waals surface area (Å²) in [6.07, 6.45) is 0.0622. The maximum atomic E-state index is 13.4. The number of carbonyl (C=O) groups excluding carboxylic acids is 4. The Hall–Kier alpha value is -3.83. The Kier molecular flexibility index (Phi) is 15.0. The van der Waals surface area contributed by atoms with E-state index in [-0.39, 0.29) is 31.7 Å². The lowest BCUT2D eigenvalue weighted by molar-refractivity contribution is -0.142. The maximum Gasteiger partial charge on any atom is 0.408 e. The molecule has 12 heteroatoms. The van der Waals surface area contributed by atoms with Crippen LogP contribution in [-0.2, 0) is 30.3 Å². The maximum absolute atomic E-state index is 13.4. The third kappa shape index (κ3) is 17.0. The summed E-state index contributed by atoms with van der Waals surface area (Å²) in [5, 5.41) is 20.2. The van der Waals surface area contributed by atoms with Crippen LogP contribution in [0.25, 0.3) is 0 Å². The average molecular weight is 607 g/mol. The van der Waals surface area contributed by atoms with Gasteiger partial charge in [0.25, 0.3) is 0 Å². The molecule has 43 heavy (non-hydrogen) atoms. The zero-order valence-electron chi connectivity index (χ0n) is 26.7. The van der Waals surface area contributed by atoms with E-state index in [2.05, 4.69) is 21.3 Å². The molecular formula is C31H50N4O8. The van der Waals surface area contributed by atoms with Gasteiger partial charge in [0.1, 0.15) is 29.3 Å². The first kappa shape index (κ1) is 37.2. The van der Waals surface area contributed by atoms with Crippen LogP contribution in [0.3, 0.4) is 0 Å². The summed E-state index contributed by atoms with van der Waals surface area (Å²) in [5.74, 6) is -2.46. The predicted octanol–water partition coefficient (Wildman–Crippen LogP) is 3.92. The van der Waals surface area contributed by atoms with E-state index in [4.69, 9.17) is 9.47 Å². The second-order valence-electron chi connectivity index (χ2n) is 12.9. The van der Waals surface area contributed by atoms with Crippen LogP contribution in [0.1, 0.15) is 86.6 Å². The number of unbranched alkanes of at least 4 members (excludes halogenated alkanes) is 1. The Morgan fingerprint density at radius 3 is 1.81 bits per heavy atom. The molecule has 12 nitrogen and oxygen atoms in total. The minimum Gasteiger partial charge on any atom is -0.480 e. The molecule has 0 aliphatic heterocycles. The third-order valence-electron chi connectivity index (χ3n) is 5.83. The first-order valence-corrected chi connectivity index (χ1v) is 14.7. The van der Waals surface area contributed by atoms with E-state index in [0.717, 1.165) is 5.56 Å². The first-order chi connectivity index (χ1) is 19.9. The minimum absolute atomic E-state index is 0.00959. The first-order valence-electron chi connectivity index (χ1n) is 14.7. The quantitative estimate of drug-likeness (QED) is 0.187. The molecule has 1 aromatic rings. The van der Waals surface area contributed by atoms with E-state index in [1.807, 2.05) is 44.2 Å². The lowest BCUT2D eigenvalue weighted by Crippen LogP contribution is -2.56. The molecule has 0 aromatic heterocycles. The second kappa shape index (κ2) is 17.3. The van der Waals surface area contributed by atoms with Crippen LogP contribution in [0, 0.1) is 5.92 Å². The normalized spacial score (nSPS) is 13.7. The number of aliphatic carboxylic acids is 1. The van der Waals surface area contributed by atoms with Crippen LogP contribution in [-0.4, -0.2) is 70.9 Å². The highest BCUT2D eigenvalue weighted by molar-refractivity contribution is 5.93. The Morgan fingerprint density at radius 1 is 0.744 bits per heavy atom. The van der Waals surface area contributed by atoms with Crippen LogP contribution >= 0.6 is 0 Å². The van der Waals surface area contributed by atoms with Crippen molar-refractivity contribution in [1.29, 1.82) is 0 Å². The van der Waals surface area contributed by atoms with Gasteiger partial charge in [-0.25, -0.2) is 14.4 Å². The fourth-order valence-electron chi connectivity index (χ4n) is 3.99. The van der Waals surface area contributed by atoms with E-state index in [1.54, 1.807) is 41.5 Å². The topological polar surface area (TPSA) is 172 Å². The molecule has 0 aliphatic carbocycles. The monoisotopic (exact) mass is 606 g/mol. The molecule has 0 spiro atoms. The number of benzene rings is 1. The second-order valence-corrected chi connectivity index (χ2v) is 12.9. The highest BCUT2D eigenvalue weighted by atomic mass is 16.6. The van der Waals surface area contributed by atoms with Crippen molar-refractivity contribution in [3.8, 4) is 0 Å². The van der Waals surface area contributed by atoms with Gasteiger partial charge in [-0.2, -0.15) is 0 Å². The molecule has 1 rings (SSSR count). The van der Waals surface area contributed by atoms with Crippen molar-refractivity contribution in [2.75, 3.05) is 6.54 Å². The molecule has 3 atom stereocenters. The number of nitrogens with one attached hydrogen (secondary N) is 4. The summed E-state index contributed by atoms with van der Waals surface area (Å²) in [6, 6.07) is 5.80. The lowest BCUT2D eigenvalue weighted by Gasteiger charge is -2.26. The fourth-order valence-corrected chi connectivity index (χ4v) is 3.99. The smallest absolute Gasteiger partial charge is 0.408 e. The molecule has 0 fully saturated rings. The summed E-state index contributed by atoms with van der Waals surface area (Å²) in [7, 11) is 0. The Balaban J connectivity index is 2.90. The van der Waals surface area contributed by atoms with Crippen molar-refractivity contribution in [2.45, 2.75) is 117 Å². The number of hydrogen-bond donors (Lipinski definition) is 5. The summed E-state index contributed by atoms with van der Waals surface area (Å²) in [4.78, 5) is 62.9. The Morgan fingerprint density at radius 2 is 1.28 bits per heavy atom. The SMILES string of the molecule is CC(C)C[C@@H](NC(=O)[C@@H](Cc1ccccc1)NC(=O)OC(C)(C)C)C(=O)N[C@H](CCCCNC(=O)OC(C)(C)C)C(=O)O. The van der Waals surface area contributed by atoms with Gasteiger partial charge in [-0.1, -0.05) is 44.2 Å². The molecule has 5 N–H and O–H groups in total. The van der Waals surface area contributed by atoms with Gasteiger partial charge in [0.2, 0.25) is 11.8 Å². The largest absolute Gasteiger partial charge is 0.480 e. The van der Waals surface area contributed by atoms with Crippen LogP contribution in [0.2, 0.25) is 0 Å². The summed E-state index contributed by atoms with van der Waals surface area (Å²) in [5.41, 5.74) is -0.621. The number of hydrogen-bond acceptors (Lipinski definition) is 7. The van der Waals surface area contributed by atoms with Crippen molar-refractivity contribution in [1.82, 2.24) is 21.3 Å². The van der Waals surface area contributed by atoms with Gasteiger partial charge in [0.05, 0.1) is 0 Å². The van der Waals surface area contributed by atoms with E-state index in [0.29, 0.717) is 12.8 Å². The average Bonchev–Trinajstić information content (AvgIpc) is 2.84. The molecule has 0 bridgehead atoms. The lowest BCUT2D eigenvalue weighted by atomic mass is 10.0. The van der Waals surface area contributed by atoms with Crippen molar-refractivity contribution in [2.24, 2.45) is 5.92 Å². The van der Waals surface area contributed by atoms with E-state index in [9.17, 15) is 29.1 Å². The van der Waals surface area contributed by atoms with Crippen LogP contribution in [0.15, 0.2) is 30.3 Å². The predicted molar refractivity (Wildman–Crippen MR) is 162 cm³/mol. The number of rotatable bonds is 15. The van der Waals surface area contributed by atoms with Crippen LogP contribution in [0.5, 0.6) is 0 Å². The number of ether oxygens (including phenoxy) is 2.